The van der Waals surface area contributed by atoms with E-state index < -0.39 is 47.9 Å². The summed E-state index contributed by atoms with van der Waals surface area (Å²) in [6.45, 7) is 1.47. The third kappa shape index (κ3) is 8.49. The van der Waals surface area contributed by atoms with Gasteiger partial charge in [-0.3, -0.25) is 10.6 Å². The molecule has 20 rings (SSSR count). The molecule has 478 valence electrons. The molecular formula is C78H90N2O11. The molecule has 0 amide bonds. The van der Waals surface area contributed by atoms with Gasteiger partial charge in [-0.2, -0.15) is 0 Å². The van der Waals surface area contributed by atoms with Crippen molar-refractivity contribution in [1.29, 1.82) is 0 Å². The minimum absolute atomic E-state index is 0.0302. The zero-order valence-electron chi connectivity index (χ0n) is 52.7. The van der Waals surface area contributed by atoms with Gasteiger partial charge in [-0.05, 0) is 226 Å². The Morgan fingerprint density at radius 3 is 2.47 bits per heavy atom. The minimum atomic E-state index is -1.08. The third-order valence-corrected chi connectivity index (χ3v) is 27.2. The number of benzene rings is 5. The molecule has 4 aliphatic heterocycles. The van der Waals surface area contributed by atoms with Crippen LogP contribution in [0.3, 0.4) is 0 Å². The molecule has 18 atom stereocenters. The largest absolute Gasteiger partial charge is 0.508 e. The summed E-state index contributed by atoms with van der Waals surface area (Å²) in [6.07, 6.45) is 24.9. The Morgan fingerprint density at radius 2 is 1.62 bits per heavy atom. The Morgan fingerprint density at radius 1 is 0.758 bits per heavy atom. The van der Waals surface area contributed by atoms with Crippen LogP contribution in [0.5, 0.6) is 40.2 Å². The minimum Gasteiger partial charge on any atom is -0.508 e. The molecule has 9 saturated carbocycles. The summed E-state index contributed by atoms with van der Waals surface area (Å²) in [5.74, 6) is 11.3. The van der Waals surface area contributed by atoms with Gasteiger partial charge in [0.15, 0.2) is 0 Å². The summed E-state index contributed by atoms with van der Waals surface area (Å²) in [6, 6.07) is 24.0. The maximum Gasteiger partial charge on any atom is 0.149 e. The molecule has 13 nitrogen and oxygen atoms in total. The lowest BCUT2D eigenvalue weighted by Gasteiger charge is -2.66. The molecule has 0 unspecified atom stereocenters. The number of phenolic OH excluding ortho intramolecular Hbond substituents is 3. The lowest BCUT2D eigenvalue weighted by Crippen LogP contribution is -2.83. The van der Waals surface area contributed by atoms with Gasteiger partial charge >= 0.3 is 0 Å². The van der Waals surface area contributed by atoms with Crippen LogP contribution in [0.25, 0.3) is 21.9 Å². The van der Waals surface area contributed by atoms with E-state index in [2.05, 4.69) is 41.4 Å². The molecule has 5 spiro atoms. The average molecular weight is 1230 g/mol. The van der Waals surface area contributed by atoms with Crippen LogP contribution in [0.4, 0.5) is 0 Å². The molecule has 15 aliphatic rings. The molecule has 91 heavy (non-hydrogen) atoms. The second kappa shape index (κ2) is 21.5. The first-order valence-corrected chi connectivity index (χ1v) is 35.3. The van der Waals surface area contributed by atoms with Crippen LogP contribution in [-0.2, 0) is 15.9 Å². The Labute approximate surface area is 535 Å². The number of hydrogen-bond donors (Lipinski definition) is 7. The first kappa shape index (κ1) is 57.7. The van der Waals surface area contributed by atoms with Gasteiger partial charge in [0.05, 0.1) is 54.2 Å². The first-order chi connectivity index (χ1) is 44.4. The summed E-state index contributed by atoms with van der Waals surface area (Å²) in [4.78, 5) is 0. The molecule has 13 heteroatoms. The Bertz CT molecular complexity index is 3810. The maximum atomic E-state index is 13.9. The lowest BCUT2D eigenvalue weighted by atomic mass is 9.48. The quantitative estimate of drug-likeness (QED) is 0.0399. The molecule has 5 aromatic rings. The molecule has 1 saturated heterocycles. The summed E-state index contributed by atoms with van der Waals surface area (Å²) < 4.78 is 43.1. The van der Waals surface area contributed by atoms with Crippen LogP contribution in [0.1, 0.15) is 163 Å². The average Bonchev–Trinajstić information content (AvgIpc) is 1.50. The number of rotatable bonds is 10. The van der Waals surface area contributed by atoms with Gasteiger partial charge in [-0.15, -0.1) is 0 Å². The van der Waals surface area contributed by atoms with Crippen molar-refractivity contribution in [1.82, 2.24) is 10.6 Å². The molecule has 0 radical (unpaired) electrons. The van der Waals surface area contributed by atoms with Crippen molar-refractivity contribution < 1.29 is 54.0 Å². The van der Waals surface area contributed by atoms with Gasteiger partial charge in [-0.1, -0.05) is 61.5 Å². The fourth-order valence-electron chi connectivity index (χ4n) is 24.2. The van der Waals surface area contributed by atoms with Crippen LogP contribution in [0.15, 0.2) is 91.0 Å². The molecule has 5 aromatic carbocycles. The zero-order valence-corrected chi connectivity index (χ0v) is 52.7. The Balaban J connectivity index is 0.799. The van der Waals surface area contributed by atoms with Crippen LogP contribution >= 0.6 is 0 Å². The van der Waals surface area contributed by atoms with Gasteiger partial charge in [-0.25, -0.2) is 0 Å². The number of methoxy groups -OCH3 is 1. The fraction of sp³-hybridized carbons (Fsp3) is 0.590. The second-order valence-corrected chi connectivity index (χ2v) is 31.0. The van der Waals surface area contributed by atoms with Gasteiger partial charge in [0.1, 0.15) is 53.0 Å². The Hall–Kier alpha value is -5.98. The smallest absolute Gasteiger partial charge is 0.149 e. The van der Waals surface area contributed by atoms with E-state index in [4.69, 9.17) is 33.7 Å². The van der Waals surface area contributed by atoms with Crippen LogP contribution in [0.2, 0.25) is 0 Å². The highest BCUT2D eigenvalue weighted by Gasteiger charge is 2.82. The summed E-state index contributed by atoms with van der Waals surface area (Å²) in [7, 11) is 1.74. The number of fused-ring (bicyclic) bond motifs is 7. The summed E-state index contributed by atoms with van der Waals surface area (Å²) in [5, 5.41) is 70.5. The highest BCUT2D eigenvalue weighted by atomic mass is 16.5. The molecular weight excluding hydrogens is 1140 g/mol. The van der Waals surface area contributed by atoms with Crippen molar-refractivity contribution in [3.05, 3.63) is 113 Å². The third-order valence-electron chi connectivity index (χ3n) is 27.2. The number of ether oxygens (including phenoxy) is 6. The second-order valence-electron chi connectivity index (χ2n) is 31.0. The van der Waals surface area contributed by atoms with Crippen LogP contribution in [0, 0.1) is 81.3 Å². The summed E-state index contributed by atoms with van der Waals surface area (Å²) in [5.41, 5.74) is 4.69. The monoisotopic (exact) mass is 1230 g/mol. The predicted octanol–water partition coefficient (Wildman–Crippen LogP) is 13.3. The highest BCUT2D eigenvalue weighted by Crippen LogP contribution is 2.85. The topological polar surface area (TPSA) is 181 Å². The van der Waals surface area contributed by atoms with E-state index in [1.54, 1.807) is 43.5 Å². The summed E-state index contributed by atoms with van der Waals surface area (Å²) >= 11 is 0. The number of phenols is 3. The van der Waals surface area contributed by atoms with Gasteiger partial charge < -0.3 is 54.0 Å². The van der Waals surface area contributed by atoms with E-state index >= 15 is 0 Å². The molecule has 10 fully saturated rings. The number of aliphatic hydroxyl groups excluding tert-OH is 2. The normalized spacial score (nSPS) is 39.1. The van der Waals surface area contributed by atoms with Crippen molar-refractivity contribution >= 4 is 10.8 Å². The van der Waals surface area contributed by atoms with Crippen molar-refractivity contribution in [3.8, 4) is 63.2 Å². The molecule has 11 aliphatic carbocycles. The number of nitrogens with one attached hydrogen (secondary N) is 2. The number of aliphatic hydroxyl groups is 2. The van der Waals surface area contributed by atoms with Crippen molar-refractivity contribution in [3.63, 3.8) is 0 Å². The standard InChI is InChI=1S/C78H90N2O11/c1-86-30-9-16-64-67(62-42-88-69-47(36-55(39-60(69)68(62)85)89-54-14-2-3-15-54)32-46-35-52(82)19-22-56(46)44-10-6-13-51(81)34-44)71-61-40-65(59-38-53(83)20-23-57(59)70(61)90-64)87-31-8-12-50-41-79-77(80-78(50)49-18-21-58(63(84)37-49)73(78)91-71)43-74(25-4-5-26-74)76-29-28-75-27-7-11-48(75)33-45(72(76)77)17-24-66(75)76/h6,10,13,18-23,34-36,38-40,45,48-50,54,58,62-64,66-68,71-73,79-85H,2-5,7,9,11,14-17,24-33,37,41-43H2,1H3/t45-,48+,49-,50-,58+,62-,63+,64+,66+,67-,68-,71+,72+,73+,75-,76+,77-,78+/m1/s1. The van der Waals surface area contributed by atoms with Gasteiger partial charge in [0.25, 0.3) is 0 Å². The molecule has 8 bridgehead atoms. The predicted molar refractivity (Wildman–Crippen MR) is 345 cm³/mol. The van der Waals surface area contributed by atoms with E-state index in [0.717, 1.165) is 77.1 Å². The first-order valence-electron chi connectivity index (χ1n) is 35.3. The van der Waals surface area contributed by atoms with E-state index in [9.17, 15) is 25.5 Å². The molecule has 0 aromatic heterocycles. The number of hydrogen-bond acceptors (Lipinski definition) is 13. The fourth-order valence-corrected chi connectivity index (χ4v) is 24.2. The van der Waals surface area contributed by atoms with Gasteiger partial charge in [0, 0.05) is 77.8 Å². The van der Waals surface area contributed by atoms with E-state index in [1.165, 1.54) is 77.0 Å². The van der Waals surface area contributed by atoms with Gasteiger partial charge in [0.2, 0.25) is 0 Å². The number of aromatic hydroxyl groups is 3. The zero-order chi connectivity index (χ0) is 61.2. The Kier molecular flexibility index (Phi) is 13.6. The van der Waals surface area contributed by atoms with Crippen molar-refractivity contribution in [2.75, 3.05) is 33.5 Å². The van der Waals surface area contributed by atoms with E-state index in [0.29, 0.717) is 90.0 Å². The van der Waals surface area contributed by atoms with E-state index in [1.807, 2.05) is 30.3 Å². The van der Waals surface area contributed by atoms with E-state index in [-0.39, 0.29) is 70.8 Å². The maximum absolute atomic E-state index is 13.9. The molecule has 4 heterocycles. The van der Waals surface area contributed by atoms with Crippen LogP contribution in [-0.4, -0.2) is 94.6 Å². The van der Waals surface area contributed by atoms with Crippen molar-refractivity contribution in [2.24, 2.45) is 69.5 Å². The highest BCUT2D eigenvalue weighted by molar-refractivity contribution is 5.96. The lowest BCUT2D eigenvalue weighted by molar-refractivity contribution is -0.213. The van der Waals surface area contributed by atoms with Crippen LogP contribution < -0.4 is 29.6 Å². The SMILES string of the molecule is COCCC[C@@H]1Oc2c3cc(c4cc(O)ccc24)OCC#C[C@@H]2CN[C@]4(CC5(CCCC5)[C@@]56CC[C@]78CCC[C@H]7C[C@@H](CC[C@@H]85)[C@H]46)N[C@@]24[C@@H]2C=C[C@@H]([C@@H](O)C2)[C@@H]4O[C@@H]3[C@@H]1[C@H]1COc2c(Cc3cc(O)ccc3-c3cccc(O)c3)cc(OC3CCCC3)cc2[C@H]1O. The van der Waals surface area contributed by atoms with Crippen molar-refractivity contribution in [2.45, 2.75) is 183 Å². The molecule has 7 N–H and O–H groups in total.